The molecule has 4 atom stereocenters. The molecule has 0 bridgehead atoms. The smallest absolute Gasteiger partial charge is 0.334 e. The standard InChI is InChI=1S/C15H20O3.C14H12O3/c1-9-5-4-8-15(3)13(18-15)12-11(7-6-9)10(2)14(16)17-12;1-17-11-7-8-12(13(15)9-11)14(16)10-5-3-2-4-6-10/h5,11-13H,2,4,6-8H2,1,3H3;2-9,15H,1H3. The largest absolute Gasteiger partial charge is 0.507 e. The van der Waals surface area contributed by atoms with E-state index in [0.29, 0.717) is 16.9 Å². The molecule has 2 heterocycles. The number of hydrogen-bond acceptors (Lipinski definition) is 6. The zero-order chi connectivity index (χ0) is 25.2. The fourth-order valence-electron chi connectivity index (χ4n) is 4.78. The third kappa shape index (κ3) is 5.33. The van der Waals surface area contributed by atoms with E-state index in [9.17, 15) is 14.7 Å². The maximum atomic E-state index is 12.1. The number of carbonyl (C=O) groups excluding carboxylic acids is 2. The minimum Gasteiger partial charge on any atom is -0.507 e. The van der Waals surface area contributed by atoms with Crippen LogP contribution in [-0.4, -0.2) is 41.8 Å². The number of ether oxygens (including phenoxy) is 3. The van der Waals surface area contributed by atoms with Crippen molar-refractivity contribution in [3.8, 4) is 11.5 Å². The minimum atomic E-state index is -0.233. The number of ketones is 1. The van der Waals surface area contributed by atoms with E-state index in [-0.39, 0.29) is 46.8 Å². The first-order valence-electron chi connectivity index (χ1n) is 11.9. The Hall–Kier alpha value is -3.38. The van der Waals surface area contributed by atoms with Gasteiger partial charge in [-0.1, -0.05) is 48.6 Å². The number of fused-ring (bicyclic) bond motifs is 3. The van der Waals surface area contributed by atoms with Gasteiger partial charge in [0.25, 0.3) is 0 Å². The Balaban J connectivity index is 0.000000165. The van der Waals surface area contributed by atoms with E-state index in [4.69, 9.17) is 14.2 Å². The average molecular weight is 477 g/mol. The zero-order valence-electron chi connectivity index (χ0n) is 20.5. The molecule has 2 aromatic carbocycles. The van der Waals surface area contributed by atoms with Gasteiger partial charge in [-0.05, 0) is 51.7 Å². The third-order valence-corrected chi connectivity index (χ3v) is 7.06. The Labute approximate surface area is 206 Å². The van der Waals surface area contributed by atoms with Gasteiger partial charge in [0.05, 0.1) is 18.3 Å². The summed E-state index contributed by atoms with van der Waals surface area (Å²) < 4.78 is 16.3. The van der Waals surface area contributed by atoms with Crippen molar-refractivity contribution in [3.63, 3.8) is 0 Å². The molecule has 0 spiro atoms. The van der Waals surface area contributed by atoms with Crippen LogP contribution >= 0.6 is 0 Å². The van der Waals surface area contributed by atoms with E-state index in [0.717, 1.165) is 25.7 Å². The van der Waals surface area contributed by atoms with E-state index >= 15 is 0 Å². The average Bonchev–Trinajstić information content (AvgIpc) is 3.45. The summed E-state index contributed by atoms with van der Waals surface area (Å²) in [7, 11) is 1.51. The molecule has 4 unspecified atom stereocenters. The van der Waals surface area contributed by atoms with Crippen molar-refractivity contribution in [2.45, 2.75) is 57.3 Å². The molecule has 184 valence electrons. The summed E-state index contributed by atoms with van der Waals surface area (Å²) in [5.74, 6) is 0.144. The van der Waals surface area contributed by atoms with E-state index in [1.165, 1.54) is 18.7 Å². The number of methoxy groups -OCH3 is 1. The topological polar surface area (TPSA) is 85.4 Å². The molecule has 6 heteroatoms. The van der Waals surface area contributed by atoms with Crippen LogP contribution < -0.4 is 4.74 Å². The maximum absolute atomic E-state index is 12.1. The van der Waals surface area contributed by atoms with Gasteiger partial charge in [-0.3, -0.25) is 4.79 Å². The van der Waals surface area contributed by atoms with Crippen molar-refractivity contribution in [1.29, 1.82) is 0 Å². The second-order valence-corrected chi connectivity index (χ2v) is 9.56. The first-order valence-corrected chi connectivity index (χ1v) is 11.9. The Morgan fingerprint density at radius 1 is 1.20 bits per heavy atom. The molecule has 1 aliphatic carbocycles. The number of rotatable bonds is 3. The number of epoxide rings is 1. The molecule has 0 aromatic heterocycles. The number of esters is 1. The van der Waals surface area contributed by atoms with Crippen LogP contribution in [0.1, 0.15) is 55.5 Å². The Morgan fingerprint density at radius 3 is 2.63 bits per heavy atom. The molecule has 2 aromatic rings. The number of allylic oxidation sites excluding steroid dienone is 2. The molecule has 2 saturated heterocycles. The van der Waals surface area contributed by atoms with Gasteiger partial charge in [0, 0.05) is 23.1 Å². The second kappa shape index (κ2) is 10.1. The lowest BCUT2D eigenvalue weighted by atomic mass is 9.84. The summed E-state index contributed by atoms with van der Waals surface area (Å²) in [4.78, 5) is 23.8. The number of carbonyl (C=O) groups is 2. The number of aromatic hydroxyl groups is 1. The van der Waals surface area contributed by atoms with Crippen molar-refractivity contribution in [2.24, 2.45) is 5.92 Å². The summed E-state index contributed by atoms with van der Waals surface area (Å²) >= 11 is 0. The summed E-state index contributed by atoms with van der Waals surface area (Å²) in [6, 6.07) is 13.5. The van der Waals surface area contributed by atoms with Gasteiger partial charge >= 0.3 is 5.97 Å². The van der Waals surface area contributed by atoms with Gasteiger partial charge in [-0.15, -0.1) is 0 Å². The number of benzene rings is 2. The van der Waals surface area contributed by atoms with Gasteiger partial charge in [0.15, 0.2) is 5.78 Å². The fourth-order valence-corrected chi connectivity index (χ4v) is 4.78. The Bertz CT molecular complexity index is 1150. The van der Waals surface area contributed by atoms with Crippen LogP contribution in [0.2, 0.25) is 0 Å². The molecule has 2 fully saturated rings. The third-order valence-electron chi connectivity index (χ3n) is 7.06. The molecule has 5 rings (SSSR count). The zero-order valence-corrected chi connectivity index (χ0v) is 20.5. The summed E-state index contributed by atoms with van der Waals surface area (Å²) in [5.41, 5.74) is 2.74. The number of phenols is 1. The molecule has 2 aliphatic heterocycles. The normalized spacial score (nSPS) is 27.3. The lowest BCUT2D eigenvalue weighted by Crippen LogP contribution is -2.28. The predicted octanol–water partition coefficient (Wildman–Crippen LogP) is 5.39. The molecule has 6 nitrogen and oxygen atoms in total. The fraction of sp³-hybridized carbons (Fsp3) is 0.379. The molecule has 1 N–H and O–H groups in total. The molecule has 35 heavy (non-hydrogen) atoms. The molecule has 0 amide bonds. The lowest BCUT2D eigenvalue weighted by molar-refractivity contribution is -0.140. The quantitative estimate of drug-likeness (QED) is 0.210. The Morgan fingerprint density at radius 2 is 1.94 bits per heavy atom. The Kier molecular flexibility index (Phi) is 7.13. The number of hydrogen-bond donors (Lipinski definition) is 1. The monoisotopic (exact) mass is 476 g/mol. The molecule has 3 aliphatic rings. The van der Waals surface area contributed by atoms with E-state index in [1.807, 2.05) is 6.07 Å². The van der Waals surface area contributed by atoms with Crippen molar-refractivity contribution in [3.05, 3.63) is 83.5 Å². The van der Waals surface area contributed by atoms with Crippen LogP contribution in [0, 0.1) is 5.92 Å². The van der Waals surface area contributed by atoms with Crippen LogP contribution in [0.4, 0.5) is 0 Å². The van der Waals surface area contributed by atoms with Crippen molar-refractivity contribution in [1.82, 2.24) is 0 Å². The van der Waals surface area contributed by atoms with Crippen molar-refractivity contribution >= 4 is 11.8 Å². The van der Waals surface area contributed by atoms with Gasteiger partial charge in [-0.2, -0.15) is 0 Å². The molecular formula is C29H32O6. The lowest BCUT2D eigenvalue weighted by Gasteiger charge is -2.19. The van der Waals surface area contributed by atoms with Gasteiger partial charge in [0.1, 0.15) is 23.7 Å². The summed E-state index contributed by atoms with van der Waals surface area (Å²) in [5, 5.41) is 9.75. The van der Waals surface area contributed by atoms with Crippen LogP contribution in [-0.2, 0) is 14.3 Å². The van der Waals surface area contributed by atoms with Gasteiger partial charge in [0.2, 0.25) is 0 Å². The first-order chi connectivity index (χ1) is 16.7. The van der Waals surface area contributed by atoms with Crippen molar-refractivity contribution < 1.29 is 28.9 Å². The SMILES string of the molecule is C=C1C(=O)OC2C1CCC(C)=CCCC1(C)OC21.COc1ccc(C(=O)c2ccccc2)c(O)c1. The molecule has 0 radical (unpaired) electrons. The highest BCUT2D eigenvalue weighted by Crippen LogP contribution is 2.49. The van der Waals surface area contributed by atoms with Crippen LogP contribution in [0.3, 0.4) is 0 Å². The van der Waals surface area contributed by atoms with Crippen LogP contribution in [0.5, 0.6) is 11.5 Å². The van der Waals surface area contributed by atoms with Crippen molar-refractivity contribution in [2.75, 3.05) is 7.11 Å². The predicted molar refractivity (Wildman–Crippen MR) is 133 cm³/mol. The van der Waals surface area contributed by atoms with Crippen LogP contribution in [0.15, 0.2) is 72.3 Å². The van der Waals surface area contributed by atoms with E-state index < -0.39 is 0 Å². The molecular weight excluding hydrogens is 444 g/mol. The minimum absolute atomic E-state index is 0.0671. The maximum Gasteiger partial charge on any atom is 0.334 e. The number of phenolic OH excluding ortho intramolecular Hbond substituents is 1. The second-order valence-electron chi connectivity index (χ2n) is 9.56. The highest BCUT2D eigenvalue weighted by Gasteiger charge is 2.61. The first kappa shape index (κ1) is 24.7. The summed E-state index contributed by atoms with van der Waals surface area (Å²) in [6.07, 6.45) is 6.25. The molecule has 0 saturated carbocycles. The summed E-state index contributed by atoms with van der Waals surface area (Å²) in [6.45, 7) is 8.17. The van der Waals surface area contributed by atoms with Crippen LogP contribution in [0.25, 0.3) is 0 Å². The van der Waals surface area contributed by atoms with E-state index in [2.05, 4.69) is 26.5 Å². The highest BCUT2D eigenvalue weighted by molar-refractivity contribution is 6.10. The highest BCUT2D eigenvalue weighted by atomic mass is 16.6. The van der Waals surface area contributed by atoms with Gasteiger partial charge < -0.3 is 19.3 Å². The van der Waals surface area contributed by atoms with Gasteiger partial charge in [-0.25, -0.2) is 4.79 Å². The van der Waals surface area contributed by atoms with E-state index in [1.54, 1.807) is 36.4 Å².